The lowest BCUT2D eigenvalue weighted by Gasteiger charge is -2.09. The summed E-state index contributed by atoms with van der Waals surface area (Å²) < 4.78 is 0. The van der Waals surface area contributed by atoms with Crippen LogP contribution in [0, 0.1) is 20.8 Å². The van der Waals surface area contributed by atoms with E-state index in [-0.39, 0.29) is 11.8 Å². The summed E-state index contributed by atoms with van der Waals surface area (Å²) in [4.78, 5) is 12.1. The minimum absolute atomic E-state index is 0.184. The van der Waals surface area contributed by atoms with Crippen molar-refractivity contribution in [3.63, 3.8) is 0 Å². The van der Waals surface area contributed by atoms with Crippen LogP contribution in [0.25, 0.3) is 0 Å². The Labute approximate surface area is 104 Å². The van der Waals surface area contributed by atoms with Gasteiger partial charge in [-0.15, -0.1) is 0 Å². The molecule has 2 heteroatoms. The average molecular weight is 233 g/mol. The van der Waals surface area contributed by atoms with E-state index in [1.165, 1.54) is 11.1 Å². The van der Waals surface area contributed by atoms with Gasteiger partial charge in [0.15, 0.2) is 5.78 Å². The van der Waals surface area contributed by atoms with E-state index in [1.807, 2.05) is 26.8 Å². The van der Waals surface area contributed by atoms with Gasteiger partial charge >= 0.3 is 0 Å². The zero-order valence-corrected chi connectivity index (χ0v) is 11.3. The van der Waals surface area contributed by atoms with Crippen molar-refractivity contribution in [1.29, 1.82) is 0 Å². The number of ketones is 1. The number of benzene rings is 1. The minimum Gasteiger partial charge on any atom is -0.328 e. The third kappa shape index (κ3) is 3.97. The molecule has 0 amide bonds. The van der Waals surface area contributed by atoms with Gasteiger partial charge in [-0.3, -0.25) is 4.79 Å². The third-order valence-electron chi connectivity index (χ3n) is 3.20. The summed E-state index contributed by atoms with van der Waals surface area (Å²) in [6.07, 6.45) is 2.39. The summed E-state index contributed by atoms with van der Waals surface area (Å²) in [5.41, 5.74) is 10.1. The lowest BCUT2D eigenvalue weighted by Crippen LogP contribution is -2.15. The van der Waals surface area contributed by atoms with Crippen molar-refractivity contribution in [2.24, 2.45) is 5.73 Å². The summed E-state index contributed by atoms with van der Waals surface area (Å²) in [6.45, 7) is 8.11. The van der Waals surface area contributed by atoms with E-state index in [0.717, 1.165) is 24.0 Å². The molecule has 2 N–H and O–H groups in total. The normalized spacial score (nSPS) is 12.5. The Morgan fingerprint density at radius 3 is 2.35 bits per heavy atom. The van der Waals surface area contributed by atoms with E-state index in [2.05, 4.69) is 13.0 Å². The first-order valence-corrected chi connectivity index (χ1v) is 6.28. The van der Waals surface area contributed by atoms with Gasteiger partial charge in [0.25, 0.3) is 0 Å². The molecule has 17 heavy (non-hydrogen) atoms. The monoisotopic (exact) mass is 233 g/mol. The van der Waals surface area contributed by atoms with Crippen LogP contribution in [0.3, 0.4) is 0 Å². The van der Waals surface area contributed by atoms with Crippen molar-refractivity contribution in [3.05, 3.63) is 34.4 Å². The topological polar surface area (TPSA) is 43.1 Å². The van der Waals surface area contributed by atoms with Crippen LogP contribution in [0.1, 0.15) is 53.2 Å². The molecule has 0 aromatic heterocycles. The fourth-order valence-electron chi connectivity index (χ4n) is 1.98. The molecule has 0 fully saturated rings. The van der Waals surface area contributed by atoms with Crippen LogP contribution >= 0.6 is 0 Å². The maximum Gasteiger partial charge on any atom is 0.163 e. The van der Waals surface area contributed by atoms with Crippen molar-refractivity contribution in [2.75, 3.05) is 0 Å². The standard InChI is InChI=1S/C15H23NO/c1-10-8-12(3)14(9-11(10)2)15(17)7-5-6-13(4)16/h8-9,13H,5-7,16H2,1-4H3. The van der Waals surface area contributed by atoms with Crippen molar-refractivity contribution in [1.82, 2.24) is 0 Å². The second-order valence-electron chi connectivity index (χ2n) is 5.04. The fourth-order valence-corrected chi connectivity index (χ4v) is 1.98. The number of carbonyl (C=O) groups excluding carboxylic acids is 1. The Hall–Kier alpha value is -1.15. The predicted octanol–water partition coefficient (Wildman–Crippen LogP) is 3.31. The molecule has 0 bridgehead atoms. The Bertz CT molecular complexity index is 408. The second-order valence-corrected chi connectivity index (χ2v) is 5.04. The molecule has 2 nitrogen and oxygen atoms in total. The molecular weight excluding hydrogens is 210 g/mol. The smallest absolute Gasteiger partial charge is 0.163 e. The maximum atomic E-state index is 12.1. The summed E-state index contributed by atoms with van der Waals surface area (Å²) in [5, 5.41) is 0. The number of carbonyl (C=O) groups is 1. The molecule has 1 rings (SSSR count). The molecule has 0 spiro atoms. The molecule has 0 saturated carbocycles. The fraction of sp³-hybridized carbons (Fsp3) is 0.533. The molecule has 0 heterocycles. The molecule has 94 valence electrons. The Morgan fingerprint density at radius 1 is 1.18 bits per heavy atom. The highest BCUT2D eigenvalue weighted by Gasteiger charge is 2.10. The van der Waals surface area contributed by atoms with Gasteiger partial charge in [0.1, 0.15) is 0 Å². The number of hydrogen-bond acceptors (Lipinski definition) is 2. The van der Waals surface area contributed by atoms with E-state index in [0.29, 0.717) is 6.42 Å². The minimum atomic E-state index is 0.184. The Balaban J connectivity index is 2.72. The SMILES string of the molecule is Cc1cc(C)c(C(=O)CCCC(C)N)cc1C. The Morgan fingerprint density at radius 2 is 1.76 bits per heavy atom. The number of rotatable bonds is 5. The van der Waals surface area contributed by atoms with Gasteiger partial charge < -0.3 is 5.73 Å². The van der Waals surface area contributed by atoms with E-state index >= 15 is 0 Å². The van der Waals surface area contributed by atoms with Gasteiger partial charge in [-0.2, -0.15) is 0 Å². The van der Waals surface area contributed by atoms with Gasteiger partial charge in [0.2, 0.25) is 0 Å². The molecule has 1 aromatic carbocycles. The van der Waals surface area contributed by atoms with Crippen LogP contribution in [0.15, 0.2) is 12.1 Å². The van der Waals surface area contributed by atoms with Crippen LogP contribution in [0.4, 0.5) is 0 Å². The van der Waals surface area contributed by atoms with Crippen LogP contribution in [-0.4, -0.2) is 11.8 Å². The maximum absolute atomic E-state index is 12.1. The van der Waals surface area contributed by atoms with Crippen LogP contribution in [0.2, 0.25) is 0 Å². The van der Waals surface area contributed by atoms with Gasteiger partial charge in [-0.1, -0.05) is 6.07 Å². The van der Waals surface area contributed by atoms with E-state index in [9.17, 15) is 4.79 Å². The van der Waals surface area contributed by atoms with Gasteiger partial charge in [0.05, 0.1) is 0 Å². The molecule has 1 atom stereocenters. The Kier molecular flexibility index (Phi) is 4.88. The molecule has 0 radical (unpaired) electrons. The largest absolute Gasteiger partial charge is 0.328 e. The number of nitrogens with two attached hydrogens (primary N) is 1. The van der Waals surface area contributed by atoms with Crippen LogP contribution < -0.4 is 5.73 Å². The van der Waals surface area contributed by atoms with Crippen LogP contribution in [0.5, 0.6) is 0 Å². The van der Waals surface area contributed by atoms with Gasteiger partial charge in [0, 0.05) is 18.0 Å². The van der Waals surface area contributed by atoms with Crippen LogP contribution in [-0.2, 0) is 0 Å². The average Bonchev–Trinajstić information content (AvgIpc) is 2.22. The molecule has 0 aliphatic rings. The predicted molar refractivity (Wildman–Crippen MR) is 72.5 cm³/mol. The van der Waals surface area contributed by atoms with Crippen molar-refractivity contribution >= 4 is 5.78 Å². The zero-order valence-electron chi connectivity index (χ0n) is 11.3. The van der Waals surface area contributed by atoms with E-state index < -0.39 is 0 Å². The third-order valence-corrected chi connectivity index (χ3v) is 3.20. The van der Waals surface area contributed by atoms with Crippen molar-refractivity contribution < 1.29 is 4.79 Å². The molecule has 0 saturated heterocycles. The van der Waals surface area contributed by atoms with Gasteiger partial charge in [-0.05, 0) is 63.3 Å². The lowest BCUT2D eigenvalue weighted by molar-refractivity contribution is 0.0978. The zero-order chi connectivity index (χ0) is 13.0. The second kappa shape index (κ2) is 5.97. The number of aryl methyl sites for hydroxylation is 3. The number of Topliss-reactive ketones (excluding diaryl/α,β-unsaturated/α-hetero) is 1. The first-order chi connectivity index (χ1) is 7.91. The molecule has 1 aromatic rings. The molecular formula is C15H23NO. The molecule has 0 aliphatic heterocycles. The summed E-state index contributed by atoms with van der Waals surface area (Å²) in [6, 6.07) is 4.29. The lowest BCUT2D eigenvalue weighted by atomic mass is 9.95. The van der Waals surface area contributed by atoms with E-state index in [4.69, 9.17) is 5.73 Å². The quantitative estimate of drug-likeness (QED) is 0.793. The van der Waals surface area contributed by atoms with E-state index in [1.54, 1.807) is 0 Å². The first-order valence-electron chi connectivity index (χ1n) is 6.28. The highest BCUT2D eigenvalue weighted by atomic mass is 16.1. The molecule has 1 unspecified atom stereocenters. The summed E-state index contributed by atoms with van der Waals surface area (Å²) >= 11 is 0. The summed E-state index contributed by atoms with van der Waals surface area (Å²) in [5.74, 6) is 0.242. The number of hydrogen-bond donors (Lipinski definition) is 1. The first kappa shape index (κ1) is 13.9. The molecule has 0 aliphatic carbocycles. The highest BCUT2D eigenvalue weighted by molar-refractivity contribution is 5.97. The van der Waals surface area contributed by atoms with Gasteiger partial charge in [-0.25, -0.2) is 0 Å². The van der Waals surface area contributed by atoms with Crippen molar-refractivity contribution in [2.45, 2.75) is 53.0 Å². The van der Waals surface area contributed by atoms with Crippen molar-refractivity contribution in [3.8, 4) is 0 Å². The highest BCUT2D eigenvalue weighted by Crippen LogP contribution is 2.18. The summed E-state index contributed by atoms with van der Waals surface area (Å²) in [7, 11) is 0.